The van der Waals surface area contributed by atoms with Gasteiger partial charge in [0.1, 0.15) is 0 Å². The Morgan fingerprint density at radius 3 is 2.89 bits per heavy atom. The first kappa shape index (κ1) is 11.8. The maximum absolute atomic E-state index is 13.5. The van der Waals surface area contributed by atoms with E-state index < -0.39 is 5.82 Å². The summed E-state index contributed by atoms with van der Waals surface area (Å²) in [6.07, 6.45) is 1.42. The molecule has 18 heavy (non-hydrogen) atoms. The molecular weight excluding hydrogens is 237 g/mol. The van der Waals surface area contributed by atoms with Gasteiger partial charge in [-0.2, -0.15) is 10.2 Å². The molecule has 0 aliphatic rings. The van der Waals surface area contributed by atoms with Crippen molar-refractivity contribution in [3.05, 3.63) is 41.8 Å². The minimum Gasteiger partial charge on any atom is -0.436 e. The average molecular weight is 245 g/mol. The molecule has 2 rings (SSSR count). The van der Waals surface area contributed by atoms with Crippen molar-refractivity contribution in [2.75, 3.05) is 5.43 Å². The molecule has 90 valence electrons. The maximum Gasteiger partial charge on any atom is 0.240 e. The molecule has 0 saturated heterocycles. The molecule has 0 saturated carbocycles. The number of hydrazine groups is 1. The van der Waals surface area contributed by atoms with E-state index >= 15 is 0 Å². The van der Waals surface area contributed by atoms with Gasteiger partial charge in [-0.1, -0.05) is 0 Å². The molecular formula is C11H8FN5O. The van der Waals surface area contributed by atoms with Gasteiger partial charge in [-0.15, -0.1) is 0 Å². The van der Waals surface area contributed by atoms with Crippen LogP contribution in [-0.4, -0.2) is 9.97 Å². The van der Waals surface area contributed by atoms with Crippen molar-refractivity contribution in [3.8, 4) is 17.7 Å². The number of benzene rings is 1. The van der Waals surface area contributed by atoms with Gasteiger partial charge in [0, 0.05) is 12.3 Å². The molecule has 0 fully saturated rings. The van der Waals surface area contributed by atoms with Gasteiger partial charge in [-0.05, 0) is 18.2 Å². The Morgan fingerprint density at radius 1 is 1.39 bits per heavy atom. The summed E-state index contributed by atoms with van der Waals surface area (Å²) in [4.78, 5) is 7.65. The number of nitrogens with one attached hydrogen (secondary N) is 1. The van der Waals surface area contributed by atoms with E-state index in [0.29, 0.717) is 0 Å². The van der Waals surface area contributed by atoms with Gasteiger partial charge in [0.05, 0.1) is 11.6 Å². The average Bonchev–Trinajstić information content (AvgIpc) is 2.41. The summed E-state index contributed by atoms with van der Waals surface area (Å²) in [5, 5.41) is 8.61. The Morgan fingerprint density at radius 2 is 2.22 bits per heavy atom. The van der Waals surface area contributed by atoms with E-state index in [4.69, 9.17) is 15.8 Å². The van der Waals surface area contributed by atoms with Gasteiger partial charge in [-0.3, -0.25) is 5.43 Å². The normalized spacial score (nSPS) is 9.61. The van der Waals surface area contributed by atoms with Gasteiger partial charge < -0.3 is 4.74 Å². The third-order valence-corrected chi connectivity index (χ3v) is 2.03. The number of nitrogen functional groups attached to an aromatic ring is 1. The summed E-state index contributed by atoms with van der Waals surface area (Å²) in [6.45, 7) is 0. The third-order valence-electron chi connectivity index (χ3n) is 2.03. The Labute approximate surface area is 102 Å². The fourth-order valence-corrected chi connectivity index (χ4v) is 1.23. The Balaban J connectivity index is 2.26. The summed E-state index contributed by atoms with van der Waals surface area (Å²) in [6, 6.07) is 7.17. The van der Waals surface area contributed by atoms with Crippen LogP contribution in [0.3, 0.4) is 0 Å². The van der Waals surface area contributed by atoms with Crippen molar-refractivity contribution < 1.29 is 9.13 Å². The number of hydrogen-bond donors (Lipinski definition) is 2. The van der Waals surface area contributed by atoms with Gasteiger partial charge in [0.2, 0.25) is 11.8 Å². The van der Waals surface area contributed by atoms with Crippen molar-refractivity contribution >= 4 is 5.95 Å². The summed E-state index contributed by atoms with van der Waals surface area (Å²) >= 11 is 0. The number of nitrogens with two attached hydrogens (primary N) is 1. The van der Waals surface area contributed by atoms with Crippen molar-refractivity contribution in [2.45, 2.75) is 0 Å². The van der Waals surface area contributed by atoms with Gasteiger partial charge in [0.25, 0.3) is 0 Å². The van der Waals surface area contributed by atoms with Crippen LogP contribution in [0.2, 0.25) is 0 Å². The molecule has 6 nitrogen and oxygen atoms in total. The topological polar surface area (TPSA) is 96.8 Å². The minimum atomic E-state index is -0.644. The lowest BCUT2D eigenvalue weighted by atomic mass is 10.2. The van der Waals surface area contributed by atoms with E-state index in [1.54, 1.807) is 0 Å². The molecule has 1 heterocycles. The highest BCUT2D eigenvalue weighted by Crippen LogP contribution is 2.23. The van der Waals surface area contributed by atoms with Crippen molar-refractivity contribution in [3.63, 3.8) is 0 Å². The molecule has 3 N–H and O–H groups in total. The lowest BCUT2D eigenvalue weighted by Gasteiger charge is -2.06. The fourth-order valence-electron chi connectivity index (χ4n) is 1.23. The zero-order valence-corrected chi connectivity index (χ0v) is 9.09. The first-order chi connectivity index (χ1) is 8.72. The van der Waals surface area contributed by atoms with Crippen molar-refractivity contribution in [1.29, 1.82) is 5.26 Å². The molecule has 7 heteroatoms. The van der Waals surface area contributed by atoms with Gasteiger partial charge in [0.15, 0.2) is 11.6 Å². The molecule has 1 aromatic carbocycles. The smallest absolute Gasteiger partial charge is 0.240 e. The van der Waals surface area contributed by atoms with Crippen LogP contribution in [0.1, 0.15) is 5.56 Å². The zero-order chi connectivity index (χ0) is 13.0. The number of rotatable bonds is 3. The first-order valence-electron chi connectivity index (χ1n) is 4.90. The number of aromatic nitrogens is 2. The Bertz CT molecular complexity index is 611. The molecule has 0 aliphatic carbocycles. The molecule has 0 unspecified atom stereocenters. The van der Waals surface area contributed by atoms with Crippen molar-refractivity contribution in [2.24, 2.45) is 5.84 Å². The predicted octanol–water partition coefficient (Wildman–Crippen LogP) is 1.57. The second-order valence-electron chi connectivity index (χ2n) is 3.22. The molecule has 0 atom stereocenters. The van der Waals surface area contributed by atoms with Crippen LogP contribution in [0.5, 0.6) is 11.6 Å². The summed E-state index contributed by atoms with van der Waals surface area (Å²) < 4.78 is 18.8. The number of ether oxygens (including phenoxy) is 1. The van der Waals surface area contributed by atoms with E-state index in [9.17, 15) is 4.39 Å². The Hall–Kier alpha value is -2.72. The molecule has 0 radical (unpaired) electrons. The number of nitriles is 1. The fraction of sp³-hybridized carbons (Fsp3) is 0. The highest BCUT2D eigenvalue weighted by molar-refractivity contribution is 5.38. The second kappa shape index (κ2) is 5.07. The highest BCUT2D eigenvalue weighted by Gasteiger charge is 2.07. The molecule has 0 amide bonds. The van der Waals surface area contributed by atoms with Crippen molar-refractivity contribution in [1.82, 2.24) is 9.97 Å². The van der Waals surface area contributed by atoms with Crippen LogP contribution in [0.15, 0.2) is 30.5 Å². The maximum atomic E-state index is 13.5. The van der Waals surface area contributed by atoms with Crippen LogP contribution >= 0.6 is 0 Å². The molecule has 1 aromatic heterocycles. The summed E-state index contributed by atoms with van der Waals surface area (Å²) in [7, 11) is 0. The highest BCUT2D eigenvalue weighted by atomic mass is 19.1. The lowest BCUT2D eigenvalue weighted by molar-refractivity contribution is 0.427. The van der Waals surface area contributed by atoms with Crippen LogP contribution < -0.4 is 16.0 Å². The number of hydrogen-bond acceptors (Lipinski definition) is 6. The first-order valence-corrected chi connectivity index (χ1v) is 4.90. The largest absolute Gasteiger partial charge is 0.436 e. The second-order valence-corrected chi connectivity index (χ2v) is 3.22. The molecule has 0 bridgehead atoms. The van der Waals surface area contributed by atoms with E-state index in [2.05, 4.69) is 15.4 Å². The minimum absolute atomic E-state index is 0.0318. The van der Waals surface area contributed by atoms with Crippen LogP contribution in [-0.2, 0) is 0 Å². The van der Waals surface area contributed by atoms with Crippen LogP contribution in [0.25, 0.3) is 0 Å². The lowest BCUT2D eigenvalue weighted by Crippen LogP contribution is -2.10. The van der Waals surface area contributed by atoms with E-state index in [-0.39, 0.29) is 23.1 Å². The molecule has 0 spiro atoms. The SMILES string of the molecule is N#Cc1ccc(Oc2ccnc(NN)n2)c(F)c1. The summed E-state index contributed by atoms with van der Waals surface area (Å²) in [5.74, 6) is 4.76. The quantitative estimate of drug-likeness (QED) is 0.629. The number of anilines is 1. The third kappa shape index (κ3) is 2.50. The number of nitrogens with zero attached hydrogens (tertiary/aromatic N) is 3. The predicted molar refractivity (Wildman–Crippen MR) is 61.0 cm³/mol. The summed E-state index contributed by atoms with van der Waals surface area (Å²) in [5.41, 5.74) is 2.46. The van der Waals surface area contributed by atoms with Crippen LogP contribution in [0, 0.1) is 17.1 Å². The standard InChI is InChI=1S/C11H8FN5O/c12-8-5-7(6-13)1-2-9(8)18-10-3-4-15-11(16-10)17-14/h1-5H,14H2,(H,15,16,17). The zero-order valence-electron chi connectivity index (χ0n) is 9.09. The number of halogens is 1. The van der Waals surface area contributed by atoms with Crippen LogP contribution in [0.4, 0.5) is 10.3 Å². The molecule has 2 aromatic rings. The van der Waals surface area contributed by atoms with E-state index in [1.165, 1.54) is 24.4 Å². The van der Waals surface area contributed by atoms with Gasteiger partial charge >= 0.3 is 0 Å². The van der Waals surface area contributed by atoms with E-state index in [0.717, 1.165) is 6.07 Å². The Kier molecular flexibility index (Phi) is 3.31. The molecule has 0 aliphatic heterocycles. The monoisotopic (exact) mass is 245 g/mol. The van der Waals surface area contributed by atoms with E-state index in [1.807, 2.05) is 6.07 Å². The van der Waals surface area contributed by atoms with Gasteiger partial charge in [-0.25, -0.2) is 15.2 Å².